The van der Waals surface area contributed by atoms with Crippen molar-refractivity contribution in [2.45, 2.75) is 19.4 Å². The van der Waals surface area contributed by atoms with Crippen molar-refractivity contribution in [1.29, 1.82) is 0 Å². The van der Waals surface area contributed by atoms with Crippen LogP contribution < -0.4 is 0 Å². The lowest BCUT2D eigenvalue weighted by molar-refractivity contribution is -0.138. The van der Waals surface area contributed by atoms with Crippen LogP contribution in [0.1, 0.15) is 13.3 Å². The number of ether oxygens (including phenoxy) is 1. The van der Waals surface area contributed by atoms with Crippen LogP contribution in [0, 0.1) is 0 Å². The predicted molar refractivity (Wildman–Crippen MR) is 44.4 cm³/mol. The molecule has 0 N–H and O–H groups in total. The molecule has 0 amide bonds. The van der Waals surface area contributed by atoms with Crippen LogP contribution in [0.5, 0.6) is 0 Å². The van der Waals surface area contributed by atoms with Crippen LogP contribution in [0.2, 0.25) is 6.04 Å². The van der Waals surface area contributed by atoms with Gasteiger partial charge in [0.2, 0.25) is 9.76 Å². The number of hydrogen-bond donors (Lipinski definition) is 0. The van der Waals surface area contributed by atoms with Crippen molar-refractivity contribution >= 4 is 15.7 Å². The first kappa shape index (κ1) is 10.4. The lowest BCUT2D eigenvalue weighted by atomic mass is 10.4. The fourth-order valence-electron chi connectivity index (χ4n) is 0.492. The van der Waals surface area contributed by atoms with Crippen molar-refractivity contribution in [3.8, 4) is 0 Å². The smallest absolute Gasteiger partial charge is 0.333 e. The van der Waals surface area contributed by atoms with Crippen molar-refractivity contribution in [3.63, 3.8) is 0 Å². The summed E-state index contributed by atoms with van der Waals surface area (Å²) in [6.45, 7) is 5.39. The maximum Gasteiger partial charge on any atom is 0.333 e. The highest BCUT2D eigenvalue weighted by Crippen LogP contribution is 1.95. The molecule has 0 saturated carbocycles. The van der Waals surface area contributed by atoms with Gasteiger partial charge < -0.3 is 9.53 Å². The van der Waals surface area contributed by atoms with E-state index in [9.17, 15) is 9.59 Å². The van der Waals surface area contributed by atoms with Gasteiger partial charge in [-0.05, 0) is 19.4 Å². The number of carbonyl (C=O) groups excluding carboxylic acids is 1. The monoisotopic (exact) mass is 173 g/mol. The third kappa shape index (κ3) is 5.81. The third-order valence-electron chi connectivity index (χ3n) is 1.12. The zero-order valence-corrected chi connectivity index (χ0v) is 8.17. The molecule has 0 saturated heterocycles. The molecular weight excluding hydrogens is 160 g/mol. The quantitative estimate of drug-likeness (QED) is 0.262. The molecule has 0 aromatic heterocycles. The maximum absolute atomic E-state index is 10.7. The second kappa shape index (κ2) is 6.12. The Morgan fingerprint density at radius 1 is 1.64 bits per heavy atom. The molecule has 11 heavy (non-hydrogen) atoms. The van der Waals surface area contributed by atoms with Gasteiger partial charge in [0.05, 0.1) is 6.61 Å². The van der Waals surface area contributed by atoms with Gasteiger partial charge in [0.1, 0.15) is 0 Å². The molecule has 3 nitrogen and oxygen atoms in total. The highest BCUT2D eigenvalue weighted by atomic mass is 28.2. The highest BCUT2D eigenvalue weighted by molar-refractivity contribution is 6.24. The Hall–Kier alpha value is -0.613. The minimum atomic E-state index is -1.11. The topological polar surface area (TPSA) is 46.2 Å². The average molecular weight is 173 g/mol. The van der Waals surface area contributed by atoms with E-state index >= 15 is 0 Å². The molecule has 4 heteroatoms. The standard InChI is InChI=1S/C7H13O3Si/c1-6(2)7(8)10-4-3-5-11-9/h1,3-5,11H2,2H3. The molecule has 0 atom stereocenters. The number of rotatable bonds is 5. The summed E-state index contributed by atoms with van der Waals surface area (Å²) in [5.74, 6) is -0.363. The second-order valence-electron chi connectivity index (χ2n) is 2.33. The molecule has 0 spiro atoms. The Bertz CT molecular complexity index is 145. The van der Waals surface area contributed by atoms with Crippen LogP contribution in [0.25, 0.3) is 0 Å². The van der Waals surface area contributed by atoms with Crippen LogP contribution in [0.4, 0.5) is 0 Å². The van der Waals surface area contributed by atoms with Gasteiger partial charge in [-0.2, -0.15) is 0 Å². The molecular formula is C7H13O3Si. The van der Waals surface area contributed by atoms with Crippen LogP contribution in [0.15, 0.2) is 12.2 Å². The van der Waals surface area contributed by atoms with Gasteiger partial charge >= 0.3 is 5.97 Å². The van der Waals surface area contributed by atoms with Gasteiger partial charge in [-0.15, -0.1) is 0 Å². The number of esters is 1. The normalized spacial score (nSPS) is 10.4. The van der Waals surface area contributed by atoms with Crippen molar-refractivity contribution in [2.75, 3.05) is 6.61 Å². The maximum atomic E-state index is 10.7. The molecule has 0 unspecified atom stereocenters. The molecule has 0 bridgehead atoms. The Labute approximate surface area is 69.0 Å². The summed E-state index contributed by atoms with van der Waals surface area (Å²) in [6, 6.07) is 0.698. The van der Waals surface area contributed by atoms with Crippen LogP contribution >= 0.6 is 0 Å². The van der Waals surface area contributed by atoms with E-state index in [4.69, 9.17) is 4.74 Å². The molecule has 0 aromatic rings. The van der Waals surface area contributed by atoms with Crippen LogP contribution in [-0.4, -0.2) is 22.3 Å². The molecule has 0 aliphatic heterocycles. The second-order valence-corrected chi connectivity index (χ2v) is 3.44. The molecule has 0 aliphatic carbocycles. The van der Waals surface area contributed by atoms with Gasteiger partial charge in [0.25, 0.3) is 0 Å². The Balaban J connectivity index is 3.25. The summed E-state index contributed by atoms with van der Waals surface area (Å²) in [5.41, 5.74) is 0.407. The van der Waals surface area contributed by atoms with Crippen LogP contribution in [0.3, 0.4) is 0 Å². The lowest BCUT2D eigenvalue weighted by Gasteiger charge is -2.01. The molecule has 0 aromatic carbocycles. The summed E-state index contributed by atoms with van der Waals surface area (Å²) >= 11 is 0. The van der Waals surface area contributed by atoms with Crippen LogP contribution in [-0.2, 0) is 14.3 Å². The summed E-state index contributed by atoms with van der Waals surface area (Å²) < 4.78 is 4.75. The zero-order chi connectivity index (χ0) is 8.69. The molecule has 0 aliphatic rings. The largest absolute Gasteiger partial charge is 0.462 e. The Kier molecular flexibility index (Phi) is 5.78. The molecule has 0 heterocycles. The van der Waals surface area contributed by atoms with E-state index < -0.39 is 9.76 Å². The average Bonchev–Trinajstić information content (AvgIpc) is 1.97. The molecule has 63 valence electrons. The fraction of sp³-hybridized carbons (Fsp3) is 0.571. The number of carbonyl (C=O) groups is 1. The van der Waals surface area contributed by atoms with Gasteiger partial charge in [-0.25, -0.2) is 4.79 Å². The summed E-state index contributed by atoms with van der Waals surface area (Å²) in [4.78, 5) is 20.8. The number of hydrogen-bond acceptors (Lipinski definition) is 2. The minimum absolute atomic E-state index is 0.362. The highest BCUT2D eigenvalue weighted by Gasteiger charge is 2.01. The van der Waals surface area contributed by atoms with Gasteiger partial charge in [0, 0.05) is 5.57 Å². The first-order valence-corrected chi connectivity index (χ1v) is 5.17. The summed E-state index contributed by atoms with van der Waals surface area (Å²) in [7, 11) is -1.11. The molecule has 0 rings (SSSR count). The van der Waals surface area contributed by atoms with Crippen molar-refractivity contribution < 1.29 is 14.3 Å². The molecule has 1 radical (unpaired) electrons. The lowest BCUT2D eigenvalue weighted by Crippen LogP contribution is -2.06. The zero-order valence-electron chi connectivity index (χ0n) is 6.76. The van der Waals surface area contributed by atoms with E-state index in [2.05, 4.69) is 6.58 Å². The molecule has 0 fully saturated rings. The van der Waals surface area contributed by atoms with E-state index in [-0.39, 0.29) is 5.97 Å². The van der Waals surface area contributed by atoms with Crippen molar-refractivity contribution in [3.05, 3.63) is 12.2 Å². The van der Waals surface area contributed by atoms with Crippen molar-refractivity contribution in [2.24, 2.45) is 0 Å². The van der Waals surface area contributed by atoms with E-state index in [1.54, 1.807) is 6.92 Å². The van der Waals surface area contributed by atoms with E-state index in [1.165, 1.54) is 0 Å². The van der Waals surface area contributed by atoms with Gasteiger partial charge in [-0.3, -0.25) is 0 Å². The van der Waals surface area contributed by atoms with Gasteiger partial charge in [-0.1, -0.05) is 6.58 Å². The SMILES string of the molecule is C=C(C)C(=O)OCCC[SiH2][O]. The van der Waals surface area contributed by atoms with E-state index in [0.29, 0.717) is 24.6 Å². The summed E-state index contributed by atoms with van der Waals surface area (Å²) in [6.07, 6.45) is 0.703. The third-order valence-corrected chi connectivity index (χ3v) is 1.91. The Morgan fingerprint density at radius 3 is 2.73 bits per heavy atom. The summed E-state index contributed by atoms with van der Waals surface area (Å²) in [5, 5.41) is 0. The predicted octanol–water partition coefficient (Wildman–Crippen LogP) is 0.428. The van der Waals surface area contributed by atoms with E-state index in [0.717, 1.165) is 0 Å². The first-order chi connectivity index (χ1) is 5.18. The van der Waals surface area contributed by atoms with Gasteiger partial charge in [0.15, 0.2) is 0 Å². The minimum Gasteiger partial charge on any atom is -0.462 e. The van der Waals surface area contributed by atoms with Crippen molar-refractivity contribution in [1.82, 2.24) is 0 Å². The van der Waals surface area contributed by atoms with E-state index in [1.807, 2.05) is 0 Å². The Morgan fingerprint density at radius 2 is 2.27 bits per heavy atom. The fourth-order valence-corrected chi connectivity index (χ4v) is 0.900. The first-order valence-electron chi connectivity index (χ1n) is 3.59.